The van der Waals surface area contributed by atoms with Crippen molar-refractivity contribution < 1.29 is 13.6 Å². The molecule has 3 rings (SSSR count). The summed E-state index contributed by atoms with van der Waals surface area (Å²) in [7, 11) is 0. The minimum Gasteiger partial charge on any atom is -0.287 e. The number of aromatic nitrogens is 2. The third-order valence-corrected chi connectivity index (χ3v) is 4.35. The van der Waals surface area contributed by atoms with E-state index in [1.807, 2.05) is 0 Å². The number of fused-ring (bicyclic) bond motifs is 1. The fourth-order valence-corrected chi connectivity index (χ4v) is 3.20. The molecule has 7 heteroatoms. The monoisotopic (exact) mass is 310 g/mol. The van der Waals surface area contributed by atoms with E-state index in [0.717, 1.165) is 0 Å². The molecule has 102 valence electrons. The van der Waals surface area contributed by atoms with E-state index in [2.05, 4.69) is 4.98 Å². The van der Waals surface area contributed by atoms with Crippen molar-refractivity contribution in [2.24, 2.45) is 0 Å². The lowest BCUT2D eigenvalue weighted by Gasteiger charge is -2.13. The average molecular weight is 310 g/mol. The van der Waals surface area contributed by atoms with Crippen molar-refractivity contribution in [1.82, 2.24) is 9.38 Å². The van der Waals surface area contributed by atoms with Gasteiger partial charge in [0.1, 0.15) is 5.69 Å². The molecule has 0 radical (unpaired) electrons. The zero-order chi connectivity index (χ0) is 14.2. The van der Waals surface area contributed by atoms with Crippen LogP contribution in [0.5, 0.6) is 0 Å². The number of carbonyl (C=O) groups is 1. The highest BCUT2D eigenvalue weighted by Crippen LogP contribution is 2.38. The number of benzene rings is 1. The predicted octanol–water partition coefficient (Wildman–Crippen LogP) is 3.96. The molecule has 0 aliphatic rings. The van der Waals surface area contributed by atoms with Crippen LogP contribution in [0.15, 0.2) is 53.0 Å². The summed E-state index contributed by atoms with van der Waals surface area (Å²) in [4.78, 5) is 16.8. The third kappa shape index (κ3) is 2.34. The SMILES string of the molecule is O=C(c1cnc2sccn12)C(F)(F)Sc1ccccc1. The topological polar surface area (TPSA) is 34.4 Å². The lowest BCUT2D eigenvalue weighted by Crippen LogP contribution is -2.25. The van der Waals surface area contributed by atoms with E-state index in [-0.39, 0.29) is 17.5 Å². The molecule has 0 saturated heterocycles. The molecule has 0 saturated carbocycles. The standard InChI is InChI=1S/C13H8F2N2OS2/c14-13(15,20-9-4-2-1-3-5-9)11(18)10-8-16-12-17(10)6-7-19-12/h1-8H. The summed E-state index contributed by atoms with van der Waals surface area (Å²) in [5.74, 6) is -1.24. The second-order valence-corrected chi connectivity index (χ2v) is 6.02. The number of hydrogen-bond donors (Lipinski definition) is 0. The van der Waals surface area contributed by atoms with Crippen LogP contribution in [0.25, 0.3) is 4.96 Å². The van der Waals surface area contributed by atoms with Crippen LogP contribution < -0.4 is 0 Å². The number of imidazole rings is 1. The van der Waals surface area contributed by atoms with Crippen LogP contribution >= 0.6 is 23.1 Å². The molecule has 0 spiro atoms. The molecule has 3 nitrogen and oxygen atoms in total. The van der Waals surface area contributed by atoms with Gasteiger partial charge in [-0.1, -0.05) is 18.2 Å². The molecule has 0 fully saturated rings. The molecule has 20 heavy (non-hydrogen) atoms. The van der Waals surface area contributed by atoms with Crippen molar-refractivity contribution in [3.63, 3.8) is 0 Å². The van der Waals surface area contributed by atoms with Gasteiger partial charge in [-0.05, 0) is 23.9 Å². The lowest BCUT2D eigenvalue weighted by molar-refractivity contribution is 0.0560. The minimum absolute atomic E-state index is 0.102. The molecule has 2 aromatic heterocycles. The van der Waals surface area contributed by atoms with Gasteiger partial charge >= 0.3 is 5.25 Å². The number of alkyl halides is 2. The molecule has 0 aliphatic heterocycles. The molecule has 3 aromatic rings. The van der Waals surface area contributed by atoms with Gasteiger partial charge in [-0.2, -0.15) is 8.78 Å². The normalized spacial score (nSPS) is 11.9. The number of halogens is 2. The van der Waals surface area contributed by atoms with Crippen LogP contribution in [0.3, 0.4) is 0 Å². The first-order chi connectivity index (χ1) is 9.58. The van der Waals surface area contributed by atoms with Crippen LogP contribution in [0, 0.1) is 0 Å². The Balaban J connectivity index is 1.91. The van der Waals surface area contributed by atoms with E-state index < -0.39 is 11.0 Å². The Kier molecular flexibility index (Phi) is 3.31. The summed E-state index contributed by atoms with van der Waals surface area (Å²) in [5, 5.41) is -1.83. The van der Waals surface area contributed by atoms with Crippen LogP contribution in [-0.2, 0) is 0 Å². The van der Waals surface area contributed by atoms with Gasteiger partial charge < -0.3 is 0 Å². The molecule has 0 N–H and O–H groups in total. The largest absolute Gasteiger partial charge is 0.361 e. The molecule has 0 atom stereocenters. The van der Waals surface area contributed by atoms with Gasteiger partial charge in [-0.15, -0.1) is 11.3 Å². The van der Waals surface area contributed by atoms with Gasteiger partial charge in [-0.25, -0.2) is 4.98 Å². The number of thioether (sulfide) groups is 1. The third-order valence-electron chi connectivity index (χ3n) is 2.63. The second kappa shape index (κ2) is 4.99. The summed E-state index contributed by atoms with van der Waals surface area (Å²) >= 11 is 1.53. The number of ketones is 1. The molecule has 0 bridgehead atoms. The molecule has 1 aromatic carbocycles. The summed E-state index contributed by atoms with van der Waals surface area (Å²) in [6.07, 6.45) is 2.75. The highest BCUT2D eigenvalue weighted by atomic mass is 32.2. The van der Waals surface area contributed by atoms with E-state index in [9.17, 15) is 13.6 Å². The Morgan fingerprint density at radius 3 is 2.80 bits per heavy atom. The van der Waals surface area contributed by atoms with Crippen molar-refractivity contribution in [3.8, 4) is 0 Å². The number of Topliss-reactive ketones (excluding diaryl/α,β-unsaturated/α-hetero) is 1. The first kappa shape index (κ1) is 13.3. The Hall–Kier alpha value is -1.73. The van der Waals surface area contributed by atoms with Crippen molar-refractivity contribution in [3.05, 3.63) is 53.8 Å². The zero-order valence-electron chi connectivity index (χ0n) is 9.99. The minimum atomic E-state index is -3.53. The van der Waals surface area contributed by atoms with Gasteiger partial charge in [0.2, 0.25) is 0 Å². The summed E-state index contributed by atoms with van der Waals surface area (Å²) in [6.45, 7) is 0. The predicted molar refractivity (Wildman–Crippen MR) is 74.6 cm³/mol. The molecule has 0 unspecified atom stereocenters. The highest BCUT2D eigenvalue weighted by molar-refractivity contribution is 8.01. The van der Waals surface area contributed by atoms with Crippen LogP contribution in [-0.4, -0.2) is 20.4 Å². The van der Waals surface area contributed by atoms with E-state index in [1.54, 1.807) is 41.9 Å². The fraction of sp³-hybridized carbons (Fsp3) is 0.0769. The zero-order valence-corrected chi connectivity index (χ0v) is 11.6. The second-order valence-electron chi connectivity index (χ2n) is 3.96. The van der Waals surface area contributed by atoms with Crippen LogP contribution in [0.1, 0.15) is 10.5 Å². The molecule has 2 heterocycles. The van der Waals surface area contributed by atoms with Gasteiger partial charge in [0, 0.05) is 16.5 Å². The number of hydrogen-bond acceptors (Lipinski definition) is 4. The average Bonchev–Trinajstić information content (AvgIpc) is 3.01. The Bertz CT molecular complexity index is 752. The van der Waals surface area contributed by atoms with Crippen molar-refractivity contribution in [1.29, 1.82) is 0 Å². The Morgan fingerprint density at radius 1 is 1.30 bits per heavy atom. The van der Waals surface area contributed by atoms with Crippen LogP contribution in [0.4, 0.5) is 8.78 Å². The Labute approximate surface area is 121 Å². The number of carbonyl (C=O) groups excluding carboxylic acids is 1. The summed E-state index contributed by atoms with van der Waals surface area (Å²) in [6, 6.07) is 8.12. The number of nitrogens with zero attached hydrogens (tertiary/aromatic N) is 2. The Morgan fingerprint density at radius 2 is 2.05 bits per heavy atom. The van der Waals surface area contributed by atoms with Crippen molar-refractivity contribution in [2.45, 2.75) is 10.2 Å². The smallest absolute Gasteiger partial charge is 0.287 e. The quantitative estimate of drug-likeness (QED) is 0.540. The van der Waals surface area contributed by atoms with Gasteiger partial charge in [0.15, 0.2) is 4.96 Å². The number of thiazole rings is 1. The maximum absolute atomic E-state index is 14.1. The van der Waals surface area contributed by atoms with E-state index in [4.69, 9.17) is 0 Å². The molecular formula is C13H8F2N2OS2. The fourth-order valence-electron chi connectivity index (χ4n) is 1.73. The van der Waals surface area contributed by atoms with Crippen molar-refractivity contribution >= 4 is 33.8 Å². The highest BCUT2D eigenvalue weighted by Gasteiger charge is 2.42. The van der Waals surface area contributed by atoms with E-state index >= 15 is 0 Å². The van der Waals surface area contributed by atoms with Gasteiger partial charge in [-0.3, -0.25) is 9.20 Å². The molecule has 0 aliphatic carbocycles. The first-order valence-electron chi connectivity index (χ1n) is 5.65. The summed E-state index contributed by atoms with van der Waals surface area (Å²) < 4.78 is 29.5. The lowest BCUT2D eigenvalue weighted by atomic mass is 10.3. The van der Waals surface area contributed by atoms with Gasteiger partial charge in [0.05, 0.1) is 6.20 Å². The molecule has 0 amide bonds. The maximum Gasteiger partial charge on any atom is 0.361 e. The van der Waals surface area contributed by atoms with E-state index in [0.29, 0.717) is 9.86 Å². The molecular weight excluding hydrogens is 302 g/mol. The number of rotatable bonds is 4. The summed E-state index contributed by atoms with van der Waals surface area (Å²) in [5.41, 5.74) is -0.102. The maximum atomic E-state index is 14.1. The first-order valence-corrected chi connectivity index (χ1v) is 7.35. The van der Waals surface area contributed by atoms with Gasteiger partial charge in [0.25, 0.3) is 5.78 Å². The van der Waals surface area contributed by atoms with Crippen molar-refractivity contribution in [2.75, 3.05) is 0 Å². The van der Waals surface area contributed by atoms with E-state index in [1.165, 1.54) is 21.9 Å². The van der Waals surface area contributed by atoms with Crippen LogP contribution in [0.2, 0.25) is 0 Å².